The van der Waals surface area contributed by atoms with E-state index in [0.717, 1.165) is 32.2 Å². The van der Waals surface area contributed by atoms with Gasteiger partial charge in [-0.05, 0) is 48.2 Å². The van der Waals surface area contributed by atoms with Gasteiger partial charge in [-0.3, -0.25) is 10.1 Å². The molecule has 0 fully saturated rings. The van der Waals surface area contributed by atoms with Gasteiger partial charge in [0.25, 0.3) is 5.91 Å². The molecule has 0 aliphatic rings. The van der Waals surface area contributed by atoms with E-state index in [1.807, 2.05) is 62.4 Å². The fourth-order valence-electron chi connectivity index (χ4n) is 2.61. The Morgan fingerprint density at radius 2 is 2.04 bits per heavy atom. The lowest BCUT2D eigenvalue weighted by Crippen LogP contribution is -2.13. The molecule has 1 heterocycles. The predicted octanol–water partition coefficient (Wildman–Crippen LogP) is 5.55. The molecular weight excluding hydrogens is 390 g/mol. The summed E-state index contributed by atoms with van der Waals surface area (Å²) in [6, 6.07) is 15.5. The van der Waals surface area contributed by atoms with Crippen molar-refractivity contribution in [3.8, 4) is 6.07 Å². The van der Waals surface area contributed by atoms with Crippen molar-refractivity contribution < 1.29 is 4.79 Å². The van der Waals surface area contributed by atoms with Crippen LogP contribution in [0.1, 0.15) is 27.1 Å². The number of nitrogens with one attached hydrogen (secondary N) is 1. The third-order valence-electron chi connectivity index (χ3n) is 4.24. The third-order valence-corrected chi connectivity index (χ3v) is 5.56. The summed E-state index contributed by atoms with van der Waals surface area (Å²) in [4.78, 5) is 17.7. The summed E-state index contributed by atoms with van der Waals surface area (Å²) in [5.74, 6) is -0.468. The Kier molecular flexibility index (Phi) is 6.25. The topological polar surface area (TPSA) is 65.8 Å². The van der Waals surface area contributed by atoms with E-state index in [2.05, 4.69) is 10.3 Å². The van der Waals surface area contributed by atoms with Gasteiger partial charge < -0.3 is 0 Å². The van der Waals surface area contributed by atoms with Crippen LogP contribution in [-0.4, -0.2) is 10.9 Å². The fraction of sp³-hybridized carbons (Fsp3) is 0.136. The minimum atomic E-state index is -0.468. The molecule has 0 spiro atoms. The van der Waals surface area contributed by atoms with Gasteiger partial charge in [-0.25, -0.2) is 4.98 Å². The van der Waals surface area contributed by atoms with Crippen molar-refractivity contribution in [1.82, 2.24) is 4.98 Å². The van der Waals surface area contributed by atoms with Gasteiger partial charge in [-0.15, -0.1) is 11.3 Å². The van der Waals surface area contributed by atoms with Crippen molar-refractivity contribution in [1.29, 1.82) is 5.26 Å². The average molecular weight is 408 g/mol. The molecule has 0 aliphatic heterocycles. The molecule has 0 radical (unpaired) electrons. The van der Waals surface area contributed by atoms with Crippen LogP contribution in [0.25, 0.3) is 6.08 Å². The molecule has 0 bridgehead atoms. The maximum absolute atomic E-state index is 12.5. The number of anilines is 1. The zero-order valence-corrected chi connectivity index (χ0v) is 17.1. The van der Waals surface area contributed by atoms with Crippen molar-refractivity contribution in [3.63, 3.8) is 0 Å². The first kappa shape index (κ1) is 19.8. The summed E-state index contributed by atoms with van der Waals surface area (Å²) in [6.07, 6.45) is 4.00. The maximum atomic E-state index is 12.5. The predicted molar refractivity (Wildman–Crippen MR) is 115 cm³/mol. The van der Waals surface area contributed by atoms with E-state index in [9.17, 15) is 10.1 Å². The minimum Gasteiger partial charge on any atom is -0.297 e. The van der Waals surface area contributed by atoms with Crippen molar-refractivity contribution in [2.45, 2.75) is 20.3 Å². The summed E-state index contributed by atoms with van der Waals surface area (Å²) < 4.78 is 0. The first-order valence-electron chi connectivity index (χ1n) is 8.65. The lowest BCUT2D eigenvalue weighted by atomic mass is 10.1. The molecule has 3 aromatic rings. The Labute approximate surface area is 173 Å². The van der Waals surface area contributed by atoms with Gasteiger partial charge in [-0.1, -0.05) is 48.0 Å². The largest absolute Gasteiger partial charge is 0.297 e. The van der Waals surface area contributed by atoms with Crippen LogP contribution in [-0.2, 0) is 11.2 Å². The van der Waals surface area contributed by atoms with Crippen LogP contribution in [0.3, 0.4) is 0 Å². The number of aryl methyl sites for hydroxylation is 2. The molecule has 3 rings (SSSR count). The number of nitriles is 1. The molecule has 0 atom stereocenters. The van der Waals surface area contributed by atoms with Gasteiger partial charge in [-0.2, -0.15) is 5.26 Å². The van der Waals surface area contributed by atoms with Crippen LogP contribution < -0.4 is 5.32 Å². The summed E-state index contributed by atoms with van der Waals surface area (Å²) in [6.45, 7) is 3.90. The van der Waals surface area contributed by atoms with E-state index in [4.69, 9.17) is 11.6 Å². The summed E-state index contributed by atoms with van der Waals surface area (Å²) in [5.41, 5.74) is 3.99. The molecule has 1 N–H and O–H groups in total. The summed E-state index contributed by atoms with van der Waals surface area (Å²) in [7, 11) is 0. The quantitative estimate of drug-likeness (QED) is 0.445. The van der Waals surface area contributed by atoms with Crippen LogP contribution in [0, 0.1) is 25.2 Å². The number of aromatic nitrogens is 1. The van der Waals surface area contributed by atoms with Crippen LogP contribution in [0.4, 0.5) is 5.13 Å². The van der Waals surface area contributed by atoms with Crippen molar-refractivity contribution in [2.24, 2.45) is 0 Å². The number of nitrogens with zero attached hydrogens (tertiary/aromatic N) is 2. The minimum absolute atomic E-state index is 0.0383. The molecule has 28 heavy (non-hydrogen) atoms. The van der Waals surface area contributed by atoms with Crippen LogP contribution >= 0.6 is 22.9 Å². The molecule has 1 amide bonds. The first-order valence-corrected chi connectivity index (χ1v) is 9.84. The number of carbonyl (C=O) groups excluding carboxylic acids is 1. The Bertz CT molecular complexity index is 1100. The number of halogens is 1. The van der Waals surface area contributed by atoms with Crippen LogP contribution in [0.15, 0.2) is 54.2 Å². The number of carbonyl (C=O) groups is 1. The highest BCUT2D eigenvalue weighted by Crippen LogP contribution is 2.24. The Balaban J connectivity index is 1.71. The highest BCUT2D eigenvalue weighted by Gasteiger charge is 2.13. The second kappa shape index (κ2) is 8.83. The Morgan fingerprint density at radius 1 is 1.25 bits per heavy atom. The van der Waals surface area contributed by atoms with Gasteiger partial charge in [0.2, 0.25) is 0 Å². The molecule has 0 unspecified atom stereocenters. The highest BCUT2D eigenvalue weighted by atomic mass is 35.5. The number of benzene rings is 2. The second-order valence-corrected chi connectivity index (χ2v) is 7.89. The van der Waals surface area contributed by atoms with E-state index in [1.165, 1.54) is 11.3 Å². The normalized spacial score (nSPS) is 11.1. The third kappa shape index (κ3) is 4.86. The molecule has 0 saturated carbocycles. The monoisotopic (exact) mass is 407 g/mol. The lowest BCUT2D eigenvalue weighted by molar-refractivity contribution is -0.112. The number of hydrogen-bond donors (Lipinski definition) is 1. The molecule has 4 nitrogen and oxygen atoms in total. The highest BCUT2D eigenvalue weighted by molar-refractivity contribution is 7.15. The average Bonchev–Trinajstić information content (AvgIpc) is 3.10. The van der Waals surface area contributed by atoms with Crippen LogP contribution in [0.2, 0.25) is 5.02 Å². The smallest absolute Gasteiger partial charge is 0.268 e. The van der Waals surface area contributed by atoms with E-state index < -0.39 is 5.91 Å². The zero-order valence-electron chi connectivity index (χ0n) is 15.5. The number of amides is 1. The molecule has 140 valence electrons. The Hall–Kier alpha value is -2.94. The van der Waals surface area contributed by atoms with Gasteiger partial charge in [0, 0.05) is 22.5 Å². The van der Waals surface area contributed by atoms with Crippen molar-refractivity contribution >= 4 is 40.1 Å². The van der Waals surface area contributed by atoms with Gasteiger partial charge >= 0.3 is 0 Å². The number of rotatable bonds is 5. The van der Waals surface area contributed by atoms with Crippen molar-refractivity contribution in [2.75, 3.05) is 5.32 Å². The van der Waals surface area contributed by atoms with Crippen LogP contribution in [0.5, 0.6) is 0 Å². The molecule has 6 heteroatoms. The van der Waals surface area contributed by atoms with Gasteiger partial charge in [0.15, 0.2) is 5.13 Å². The number of hydrogen-bond acceptors (Lipinski definition) is 4. The molecule has 2 aromatic carbocycles. The zero-order chi connectivity index (χ0) is 20.1. The molecule has 1 aromatic heterocycles. The molecular formula is C22H18ClN3OS. The van der Waals surface area contributed by atoms with E-state index in [0.29, 0.717) is 11.6 Å². The Morgan fingerprint density at radius 3 is 2.75 bits per heavy atom. The second-order valence-electron chi connectivity index (χ2n) is 6.37. The molecule has 0 saturated heterocycles. The SMILES string of the molecule is Cc1ccc(Cc2cnc(NC(=O)/C(C#N)=C\c3ccccc3C)s2)cc1Cl. The lowest BCUT2D eigenvalue weighted by Gasteiger charge is -2.03. The molecule has 0 aliphatic carbocycles. The first-order chi connectivity index (χ1) is 13.5. The van der Waals surface area contributed by atoms with Gasteiger partial charge in [0.1, 0.15) is 11.6 Å². The fourth-order valence-corrected chi connectivity index (χ4v) is 3.66. The maximum Gasteiger partial charge on any atom is 0.268 e. The summed E-state index contributed by atoms with van der Waals surface area (Å²) >= 11 is 7.56. The van der Waals surface area contributed by atoms with E-state index in [1.54, 1.807) is 12.3 Å². The van der Waals surface area contributed by atoms with E-state index >= 15 is 0 Å². The number of thiazole rings is 1. The summed E-state index contributed by atoms with van der Waals surface area (Å²) in [5, 5.41) is 13.3. The van der Waals surface area contributed by atoms with Crippen molar-refractivity contribution in [3.05, 3.63) is 86.4 Å². The van der Waals surface area contributed by atoms with E-state index in [-0.39, 0.29) is 5.57 Å². The standard InChI is InChI=1S/C22H18ClN3OS/c1-14-5-3-4-6-17(14)11-18(12-24)21(27)26-22-25-13-19(28-22)9-16-8-7-15(2)20(23)10-16/h3-8,10-11,13H,9H2,1-2H3,(H,25,26,27)/b18-11-. The van der Waals surface area contributed by atoms with Gasteiger partial charge in [0.05, 0.1) is 0 Å².